The number of rotatable bonds is 4. The fourth-order valence-corrected chi connectivity index (χ4v) is 2.77. The number of nitrogens with one attached hydrogen (secondary N) is 1. The molecule has 0 bridgehead atoms. The van der Waals surface area contributed by atoms with Gasteiger partial charge in [-0.25, -0.2) is 23.5 Å². The number of thiazole rings is 1. The number of carbonyl (C=O) groups is 2. The lowest BCUT2D eigenvalue weighted by Gasteiger charge is -2.03. The van der Waals surface area contributed by atoms with E-state index in [4.69, 9.17) is 0 Å². The van der Waals surface area contributed by atoms with Crippen LogP contribution in [0.2, 0.25) is 0 Å². The third-order valence-corrected chi connectivity index (χ3v) is 4.07. The topological polar surface area (TPSA) is 81.2 Å². The van der Waals surface area contributed by atoms with Crippen LogP contribution >= 0.6 is 11.3 Å². The lowest BCUT2D eigenvalue weighted by molar-refractivity contribution is 0.0594. The number of nitrogens with zero attached hydrogens (tertiary/aromatic N) is 2. The second-order valence-electron chi connectivity index (χ2n) is 5.02. The fraction of sp³-hybridized carbons (Fsp3) is 0.0588. The van der Waals surface area contributed by atoms with Crippen LogP contribution in [-0.2, 0) is 4.74 Å². The van der Waals surface area contributed by atoms with Crippen LogP contribution in [0.15, 0.2) is 41.8 Å². The molecular weight excluding hydrogens is 364 g/mol. The van der Waals surface area contributed by atoms with Gasteiger partial charge in [-0.15, -0.1) is 11.3 Å². The summed E-state index contributed by atoms with van der Waals surface area (Å²) >= 11 is 1.11. The van der Waals surface area contributed by atoms with Crippen molar-refractivity contribution in [3.05, 3.63) is 64.8 Å². The summed E-state index contributed by atoms with van der Waals surface area (Å²) in [7, 11) is 1.21. The minimum atomic E-state index is -0.982. The third-order valence-electron chi connectivity index (χ3n) is 3.32. The summed E-state index contributed by atoms with van der Waals surface area (Å²) < 4.78 is 30.9. The molecule has 6 nitrogen and oxygen atoms in total. The van der Waals surface area contributed by atoms with Crippen molar-refractivity contribution in [3.63, 3.8) is 0 Å². The first-order chi connectivity index (χ1) is 12.5. The number of carbonyl (C=O) groups excluding carboxylic acids is 2. The van der Waals surface area contributed by atoms with Crippen molar-refractivity contribution in [2.75, 3.05) is 12.4 Å². The molecule has 0 atom stereocenters. The van der Waals surface area contributed by atoms with E-state index in [1.54, 1.807) is 5.38 Å². The van der Waals surface area contributed by atoms with Gasteiger partial charge in [-0.3, -0.25) is 10.1 Å². The van der Waals surface area contributed by atoms with Gasteiger partial charge < -0.3 is 4.74 Å². The molecule has 1 amide bonds. The molecule has 132 valence electrons. The van der Waals surface area contributed by atoms with Crippen LogP contribution in [0.4, 0.5) is 13.9 Å². The van der Waals surface area contributed by atoms with Gasteiger partial charge in [0.05, 0.1) is 12.8 Å². The Balaban J connectivity index is 1.77. The highest BCUT2D eigenvalue weighted by Gasteiger charge is 2.15. The summed E-state index contributed by atoms with van der Waals surface area (Å²) in [4.78, 5) is 31.8. The first-order valence-electron chi connectivity index (χ1n) is 7.25. The number of amides is 1. The SMILES string of the molecule is COC(=O)c1cccc(C(=O)Nc2nc(-c3ccc(F)c(F)c3)cs2)n1. The summed E-state index contributed by atoms with van der Waals surface area (Å²) in [5, 5.41) is 4.39. The van der Waals surface area contributed by atoms with Crippen LogP contribution in [0.1, 0.15) is 21.0 Å². The van der Waals surface area contributed by atoms with Crippen molar-refractivity contribution in [2.45, 2.75) is 0 Å². The van der Waals surface area contributed by atoms with Gasteiger partial charge in [-0.2, -0.15) is 0 Å². The van der Waals surface area contributed by atoms with Gasteiger partial charge in [0.15, 0.2) is 16.8 Å². The zero-order valence-corrected chi connectivity index (χ0v) is 14.1. The zero-order chi connectivity index (χ0) is 18.7. The predicted molar refractivity (Wildman–Crippen MR) is 91.0 cm³/mol. The number of hydrogen-bond donors (Lipinski definition) is 1. The Labute approximate surface area is 150 Å². The molecule has 26 heavy (non-hydrogen) atoms. The average Bonchev–Trinajstić information content (AvgIpc) is 3.11. The average molecular weight is 375 g/mol. The molecule has 0 unspecified atom stereocenters. The lowest BCUT2D eigenvalue weighted by atomic mass is 10.2. The largest absolute Gasteiger partial charge is 0.464 e. The van der Waals surface area contributed by atoms with E-state index in [2.05, 4.69) is 20.0 Å². The van der Waals surface area contributed by atoms with Gasteiger partial charge in [-0.05, 0) is 30.3 Å². The van der Waals surface area contributed by atoms with Gasteiger partial charge in [0.2, 0.25) is 0 Å². The van der Waals surface area contributed by atoms with E-state index in [9.17, 15) is 18.4 Å². The zero-order valence-electron chi connectivity index (χ0n) is 13.3. The van der Waals surface area contributed by atoms with Crippen molar-refractivity contribution in [1.82, 2.24) is 9.97 Å². The summed E-state index contributed by atoms with van der Waals surface area (Å²) in [6.07, 6.45) is 0. The number of esters is 1. The molecule has 0 fully saturated rings. The Hall–Kier alpha value is -3.20. The summed E-state index contributed by atoms with van der Waals surface area (Å²) in [6, 6.07) is 7.78. The highest BCUT2D eigenvalue weighted by Crippen LogP contribution is 2.26. The maximum absolute atomic E-state index is 13.3. The van der Waals surface area contributed by atoms with E-state index in [0.717, 1.165) is 23.5 Å². The number of benzene rings is 1. The lowest BCUT2D eigenvalue weighted by Crippen LogP contribution is -2.15. The molecule has 0 radical (unpaired) electrons. The first kappa shape index (κ1) is 17.6. The van der Waals surface area contributed by atoms with E-state index < -0.39 is 23.5 Å². The number of methoxy groups -OCH3 is 1. The van der Waals surface area contributed by atoms with Crippen LogP contribution in [-0.4, -0.2) is 29.0 Å². The van der Waals surface area contributed by atoms with E-state index >= 15 is 0 Å². The standard InChI is InChI=1S/C17H11F2N3O3S/c1-25-16(24)13-4-2-3-12(20-13)15(23)22-17-21-14(8-26-17)9-5-6-10(18)11(19)7-9/h2-8H,1H3,(H,21,22,23). The Kier molecular flexibility index (Phi) is 4.99. The molecule has 0 aliphatic heterocycles. The van der Waals surface area contributed by atoms with Gasteiger partial charge in [0.25, 0.3) is 5.91 Å². The van der Waals surface area contributed by atoms with Crippen LogP contribution in [0.3, 0.4) is 0 Å². The van der Waals surface area contributed by atoms with Crippen molar-refractivity contribution in [3.8, 4) is 11.3 Å². The molecule has 3 aromatic rings. The molecule has 0 saturated heterocycles. The number of ether oxygens (including phenoxy) is 1. The van der Waals surface area contributed by atoms with Crippen LogP contribution < -0.4 is 5.32 Å². The van der Waals surface area contributed by atoms with Crippen LogP contribution in [0.25, 0.3) is 11.3 Å². The smallest absolute Gasteiger partial charge is 0.356 e. The first-order valence-corrected chi connectivity index (χ1v) is 8.13. The minimum absolute atomic E-state index is 0.00163. The normalized spacial score (nSPS) is 10.4. The van der Waals surface area contributed by atoms with Gasteiger partial charge in [0, 0.05) is 10.9 Å². The maximum atomic E-state index is 13.3. The Bertz CT molecular complexity index is 991. The maximum Gasteiger partial charge on any atom is 0.356 e. The van der Waals surface area contributed by atoms with Gasteiger partial charge >= 0.3 is 5.97 Å². The molecular formula is C17H11F2N3O3S. The summed E-state index contributed by atoms with van der Waals surface area (Å²) in [6.45, 7) is 0. The number of anilines is 1. The molecule has 0 aliphatic rings. The van der Waals surface area contributed by atoms with Crippen LogP contribution in [0, 0.1) is 11.6 Å². The Morgan fingerprint density at radius 1 is 1.08 bits per heavy atom. The van der Waals surface area contributed by atoms with Gasteiger partial charge in [-0.1, -0.05) is 6.07 Å². The van der Waals surface area contributed by atoms with Crippen LogP contribution in [0.5, 0.6) is 0 Å². The molecule has 0 saturated carbocycles. The molecule has 9 heteroatoms. The van der Waals surface area contributed by atoms with E-state index in [-0.39, 0.29) is 16.5 Å². The quantitative estimate of drug-likeness (QED) is 0.706. The predicted octanol–water partition coefficient (Wildman–Crippen LogP) is 3.52. The summed E-state index contributed by atoms with van der Waals surface area (Å²) in [5.41, 5.74) is 0.783. The molecule has 1 aromatic carbocycles. The molecule has 1 N–H and O–H groups in total. The Morgan fingerprint density at radius 2 is 1.85 bits per heavy atom. The summed E-state index contributed by atoms with van der Waals surface area (Å²) in [5.74, 6) is -3.16. The molecule has 0 aliphatic carbocycles. The number of halogens is 2. The van der Waals surface area contributed by atoms with E-state index in [1.807, 2.05) is 0 Å². The molecule has 2 heterocycles. The minimum Gasteiger partial charge on any atom is -0.464 e. The number of pyridine rings is 1. The highest BCUT2D eigenvalue weighted by atomic mass is 32.1. The van der Waals surface area contributed by atoms with E-state index in [0.29, 0.717) is 11.3 Å². The Morgan fingerprint density at radius 3 is 2.58 bits per heavy atom. The molecule has 0 spiro atoms. The number of aromatic nitrogens is 2. The third kappa shape index (κ3) is 3.72. The van der Waals surface area contributed by atoms with Crippen molar-refractivity contribution in [2.24, 2.45) is 0 Å². The molecule has 3 rings (SSSR count). The van der Waals surface area contributed by atoms with Crippen molar-refractivity contribution < 1.29 is 23.1 Å². The van der Waals surface area contributed by atoms with Gasteiger partial charge in [0.1, 0.15) is 11.4 Å². The van der Waals surface area contributed by atoms with E-state index in [1.165, 1.54) is 31.4 Å². The second-order valence-corrected chi connectivity index (χ2v) is 5.88. The highest BCUT2D eigenvalue weighted by molar-refractivity contribution is 7.14. The van der Waals surface area contributed by atoms with Crippen molar-refractivity contribution >= 4 is 28.3 Å². The van der Waals surface area contributed by atoms with Crippen molar-refractivity contribution in [1.29, 1.82) is 0 Å². The molecule has 2 aromatic heterocycles. The number of hydrogen-bond acceptors (Lipinski definition) is 6. The monoisotopic (exact) mass is 375 g/mol. The second kappa shape index (κ2) is 7.36. The fourth-order valence-electron chi connectivity index (χ4n) is 2.06.